The van der Waals surface area contributed by atoms with Gasteiger partial charge in [0.15, 0.2) is 0 Å². The summed E-state index contributed by atoms with van der Waals surface area (Å²) in [4.78, 5) is 14.8. The molecule has 0 saturated carbocycles. The summed E-state index contributed by atoms with van der Waals surface area (Å²) in [5.74, 6) is 6.56. The Hall–Kier alpha value is -1.44. The molecule has 1 aromatic rings. The van der Waals surface area contributed by atoms with Crippen LogP contribution in [-0.4, -0.2) is 46.1 Å². The second-order valence-corrected chi connectivity index (χ2v) is 6.79. The summed E-state index contributed by atoms with van der Waals surface area (Å²) in [7, 11) is 0. The van der Waals surface area contributed by atoms with Gasteiger partial charge in [0.1, 0.15) is 6.61 Å². The lowest BCUT2D eigenvalue weighted by Gasteiger charge is -2.37. The summed E-state index contributed by atoms with van der Waals surface area (Å²) in [6.45, 7) is 6.85. The van der Waals surface area contributed by atoms with Gasteiger partial charge in [-0.3, -0.25) is 4.79 Å². The van der Waals surface area contributed by atoms with Crippen molar-refractivity contribution < 1.29 is 9.90 Å². The third-order valence-electron chi connectivity index (χ3n) is 3.92. The van der Waals surface area contributed by atoms with Crippen LogP contribution in [-0.2, 0) is 0 Å². The number of aryl methyl sites for hydroxylation is 1. The Kier molecular flexibility index (Phi) is 5.33. The zero-order valence-corrected chi connectivity index (χ0v) is 13.5. The summed E-state index contributed by atoms with van der Waals surface area (Å²) in [6, 6.07) is 5.87. The van der Waals surface area contributed by atoms with E-state index in [0.717, 1.165) is 23.4 Å². The van der Waals surface area contributed by atoms with Gasteiger partial charge < -0.3 is 10.0 Å². The zero-order chi connectivity index (χ0) is 15.4. The first-order chi connectivity index (χ1) is 10.0. The van der Waals surface area contributed by atoms with Gasteiger partial charge in [-0.25, -0.2) is 0 Å². The molecule has 0 aromatic heterocycles. The lowest BCUT2D eigenvalue weighted by Crippen LogP contribution is -2.48. The van der Waals surface area contributed by atoms with Crippen molar-refractivity contribution in [2.45, 2.75) is 32.1 Å². The van der Waals surface area contributed by atoms with Crippen LogP contribution in [0.15, 0.2) is 18.2 Å². The Morgan fingerprint density at radius 3 is 2.95 bits per heavy atom. The average Bonchev–Trinajstić information content (AvgIpc) is 2.48. The lowest BCUT2D eigenvalue weighted by molar-refractivity contribution is 0.0697. The first-order valence-electron chi connectivity index (χ1n) is 7.17. The number of benzene rings is 1. The fraction of sp³-hybridized carbons (Fsp3) is 0.471. The highest BCUT2D eigenvalue weighted by molar-refractivity contribution is 8.00. The van der Waals surface area contributed by atoms with E-state index in [1.165, 1.54) is 0 Å². The van der Waals surface area contributed by atoms with Gasteiger partial charge in [0, 0.05) is 34.7 Å². The van der Waals surface area contributed by atoms with Gasteiger partial charge in [0.25, 0.3) is 5.91 Å². The highest BCUT2D eigenvalue weighted by Crippen LogP contribution is 2.26. The zero-order valence-electron chi connectivity index (χ0n) is 12.7. The van der Waals surface area contributed by atoms with Crippen molar-refractivity contribution in [1.82, 2.24) is 4.90 Å². The van der Waals surface area contributed by atoms with Gasteiger partial charge in [-0.2, -0.15) is 11.8 Å². The van der Waals surface area contributed by atoms with E-state index >= 15 is 0 Å². The third kappa shape index (κ3) is 3.61. The monoisotopic (exact) mass is 303 g/mol. The fourth-order valence-electron chi connectivity index (χ4n) is 2.45. The Morgan fingerprint density at radius 2 is 2.24 bits per heavy atom. The first kappa shape index (κ1) is 15.9. The molecule has 2 rings (SSSR count). The molecule has 2 unspecified atom stereocenters. The van der Waals surface area contributed by atoms with Crippen molar-refractivity contribution in [3.63, 3.8) is 0 Å². The van der Waals surface area contributed by atoms with Crippen molar-refractivity contribution >= 4 is 17.7 Å². The number of aliphatic hydroxyl groups is 1. The van der Waals surface area contributed by atoms with Crippen molar-refractivity contribution in [3.05, 3.63) is 34.9 Å². The fourth-order valence-corrected chi connectivity index (χ4v) is 3.55. The van der Waals surface area contributed by atoms with Crippen molar-refractivity contribution in [2.24, 2.45) is 0 Å². The molecule has 2 atom stereocenters. The highest BCUT2D eigenvalue weighted by atomic mass is 32.2. The highest BCUT2D eigenvalue weighted by Gasteiger charge is 2.30. The molecule has 112 valence electrons. The first-order valence-corrected chi connectivity index (χ1v) is 8.22. The van der Waals surface area contributed by atoms with E-state index in [9.17, 15) is 4.79 Å². The van der Waals surface area contributed by atoms with E-state index in [4.69, 9.17) is 5.11 Å². The molecular weight excluding hydrogens is 282 g/mol. The smallest absolute Gasteiger partial charge is 0.254 e. The predicted octanol–water partition coefficient (Wildman–Crippen LogP) is 2.30. The third-order valence-corrected chi connectivity index (χ3v) is 5.26. The maximum Gasteiger partial charge on any atom is 0.254 e. The van der Waals surface area contributed by atoms with E-state index in [2.05, 4.69) is 25.7 Å². The van der Waals surface area contributed by atoms with Crippen LogP contribution in [0.25, 0.3) is 0 Å². The topological polar surface area (TPSA) is 40.5 Å². The largest absolute Gasteiger partial charge is 0.384 e. The molecule has 0 bridgehead atoms. The number of carbonyl (C=O) groups is 1. The van der Waals surface area contributed by atoms with Crippen LogP contribution in [0, 0.1) is 18.8 Å². The van der Waals surface area contributed by atoms with Gasteiger partial charge >= 0.3 is 0 Å². The molecule has 1 amide bonds. The van der Waals surface area contributed by atoms with Gasteiger partial charge in [-0.15, -0.1) is 0 Å². The van der Waals surface area contributed by atoms with Crippen LogP contribution in [0.1, 0.15) is 35.3 Å². The van der Waals surface area contributed by atoms with Crippen LogP contribution >= 0.6 is 11.8 Å². The molecule has 1 aliphatic heterocycles. The number of nitrogens with zero attached hydrogens (tertiary/aromatic N) is 1. The summed E-state index contributed by atoms with van der Waals surface area (Å²) in [6.07, 6.45) is 0. The van der Waals surface area contributed by atoms with Gasteiger partial charge in [-0.05, 0) is 31.5 Å². The Balaban J connectivity index is 2.29. The van der Waals surface area contributed by atoms with E-state index < -0.39 is 0 Å². The SMILES string of the molecule is Cc1ccc(C#CCO)cc1C(=O)N1CCSC(C)C1C. The number of rotatable bonds is 1. The van der Waals surface area contributed by atoms with Crippen molar-refractivity contribution in [3.8, 4) is 11.8 Å². The second-order valence-electron chi connectivity index (χ2n) is 5.30. The molecular formula is C17H21NO2S. The van der Waals surface area contributed by atoms with Crippen molar-refractivity contribution in [1.29, 1.82) is 0 Å². The summed E-state index contributed by atoms with van der Waals surface area (Å²) < 4.78 is 0. The number of carbonyl (C=O) groups excluding carboxylic acids is 1. The summed E-state index contributed by atoms with van der Waals surface area (Å²) in [5.41, 5.74) is 2.45. The second kappa shape index (κ2) is 7.02. The van der Waals surface area contributed by atoms with E-state index in [0.29, 0.717) is 10.8 Å². The lowest BCUT2D eigenvalue weighted by atomic mass is 10.0. The molecule has 0 aliphatic carbocycles. The quantitative estimate of drug-likeness (QED) is 0.809. The maximum atomic E-state index is 12.8. The molecule has 0 radical (unpaired) electrons. The van der Waals surface area contributed by atoms with E-state index in [1.54, 1.807) is 0 Å². The molecule has 1 heterocycles. The minimum Gasteiger partial charge on any atom is -0.384 e. The molecule has 1 fully saturated rings. The predicted molar refractivity (Wildman–Crippen MR) is 87.6 cm³/mol. The van der Waals surface area contributed by atoms with Crippen LogP contribution in [0.5, 0.6) is 0 Å². The Bertz CT molecular complexity index is 588. The van der Waals surface area contributed by atoms with Crippen LogP contribution in [0.4, 0.5) is 0 Å². The van der Waals surface area contributed by atoms with Crippen LogP contribution < -0.4 is 0 Å². The number of aliphatic hydroxyl groups excluding tert-OH is 1. The van der Waals surface area contributed by atoms with Gasteiger partial charge in [-0.1, -0.05) is 24.8 Å². The van der Waals surface area contributed by atoms with Gasteiger partial charge in [0.2, 0.25) is 0 Å². The minimum atomic E-state index is -0.172. The number of amides is 1. The maximum absolute atomic E-state index is 12.8. The van der Waals surface area contributed by atoms with E-state index in [-0.39, 0.29) is 18.6 Å². The minimum absolute atomic E-state index is 0.0831. The molecule has 4 heteroatoms. The summed E-state index contributed by atoms with van der Waals surface area (Å²) >= 11 is 1.92. The van der Waals surface area contributed by atoms with E-state index in [1.807, 2.05) is 41.8 Å². The Labute approximate surface area is 130 Å². The molecule has 21 heavy (non-hydrogen) atoms. The number of thioether (sulfide) groups is 1. The molecule has 3 nitrogen and oxygen atoms in total. The molecule has 1 aromatic carbocycles. The average molecular weight is 303 g/mol. The molecule has 1 aliphatic rings. The molecule has 1 saturated heterocycles. The Morgan fingerprint density at radius 1 is 1.48 bits per heavy atom. The molecule has 0 spiro atoms. The normalized spacial score (nSPS) is 21.6. The molecule has 1 N–H and O–H groups in total. The van der Waals surface area contributed by atoms with Gasteiger partial charge in [0.05, 0.1) is 0 Å². The number of hydrogen-bond acceptors (Lipinski definition) is 3. The number of hydrogen-bond donors (Lipinski definition) is 1. The van der Waals surface area contributed by atoms with Crippen LogP contribution in [0.2, 0.25) is 0 Å². The standard InChI is InChI=1S/C17H21NO2S/c1-12-6-7-15(5-4-9-19)11-16(12)17(20)18-8-10-21-14(3)13(18)2/h6-7,11,13-14,19H,8-10H2,1-3H3. The van der Waals surface area contributed by atoms with Crippen LogP contribution in [0.3, 0.4) is 0 Å². The summed E-state index contributed by atoms with van der Waals surface area (Å²) in [5, 5.41) is 9.24. The van der Waals surface area contributed by atoms with Crippen molar-refractivity contribution in [2.75, 3.05) is 18.9 Å².